The fourth-order valence-electron chi connectivity index (χ4n) is 2.37. The fraction of sp³-hybridized carbons (Fsp3) is 0.286. The molecule has 0 spiro atoms. The van der Waals surface area contributed by atoms with Crippen molar-refractivity contribution in [1.82, 2.24) is 0 Å². The minimum Gasteiger partial charge on any atom is -0.456 e. The molecule has 0 saturated heterocycles. The van der Waals surface area contributed by atoms with Crippen LogP contribution in [0.5, 0.6) is 0 Å². The van der Waals surface area contributed by atoms with Crippen LogP contribution in [-0.4, -0.2) is 6.54 Å². The molecular formula is C14H17NO. The Morgan fingerprint density at radius 1 is 1.25 bits per heavy atom. The summed E-state index contributed by atoms with van der Waals surface area (Å²) in [5, 5.41) is 2.50. The van der Waals surface area contributed by atoms with E-state index in [1.807, 2.05) is 0 Å². The van der Waals surface area contributed by atoms with Crippen LogP contribution in [0.1, 0.15) is 19.8 Å². The molecule has 1 aliphatic carbocycles. The molecule has 2 nitrogen and oxygen atoms in total. The topological polar surface area (TPSA) is 39.2 Å². The molecule has 1 heterocycles. The number of furan rings is 1. The minimum atomic E-state index is 0. The number of benzene rings is 1. The van der Waals surface area contributed by atoms with E-state index in [4.69, 9.17) is 10.2 Å². The zero-order chi connectivity index (χ0) is 11.0. The van der Waals surface area contributed by atoms with Crippen molar-refractivity contribution in [2.24, 2.45) is 5.73 Å². The van der Waals surface area contributed by atoms with Gasteiger partial charge in [0.05, 0.1) is 0 Å². The van der Waals surface area contributed by atoms with Crippen molar-refractivity contribution in [2.45, 2.75) is 19.3 Å². The summed E-state index contributed by atoms with van der Waals surface area (Å²) < 4.78 is 5.93. The van der Waals surface area contributed by atoms with Crippen molar-refractivity contribution in [2.75, 3.05) is 6.54 Å². The number of hydrogen-bond donors (Lipinski definition) is 1. The zero-order valence-electron chi connectivity index (χ0n) is 9.20. The first-order chi connectivity index (χ1) is 7.90. The van der Waals surface area contributed by atoms with Gasteiger partial charge in [-0.05, 0) is 37.4 Å². The van der Waals surface area contributed by atoms with Gasteiger partial charge >= 0.3 is 0 Å². The fourth-order valence-corrected chi connectivity index (χ4v) is 2.37. The lowest BCUT2D eigenvalue weighted by molar-refractivity contribution is 0.567. The van der Waals surface area contributed by atoms with Gasteiger partial charge in [-0.15, -0.1) is 0 Å². The number of fused-ring (bicyclic) bond motifs is 3. The first-order valence-corrected chi connectivity index (χ1v) is 5.81. The van der Waals surface area contributed by atoms with Gasteiger partial charge < -0.3 is 10.2 Å². The summed E-state index contributed by atoms with van der Waals surface area (Å²) in [5.74, 6) is 0. The van der Waals surface area contributed by atoms with E-state index in [9.17, 15) is 0 Å². The minimum absolute atomic E-state index is 0. The largest absolute Gasteiger partial charge is 0.456 e. The smallest absolute Gasteiger partial charge is 0.138 e. The van der Waals surface area contributed by atoms with Crippen molar-refractivity contribution < 1.29 is 5.84 Å². The number of para-hydroxylation sites is 1. The van der Waals surface area contributed by atoms with E-state index in [1.54, 1.807) is 0 Å². The van der Waals surface area contributed by atoms with Crippen molar-refractivity contribution in [3.8, 4) is 0 Å². The van der Waals surface area contributed by atoms with Gasteiger partial charge in [0.25, 0.3) is 0 Å². The summed E-state index contributed by atoms with van der Waals surface area (Å²) in [6, 6.07) is 6.32. The molecule has 3 rings (SSSR count). The van der Waals surface area contributed by atoms with Crippen molar-refractivity contribution >= 4 is 23.1 Å². The van der Waals surface area contributed by atoms with Gasteiger partial charge in [0.2, 0.25) is 0 Å². The third-order valence-electron chi connectivity index (χ3n) is 3.12. The molecule has 2 N–H and O–H groups in total. The third kappa shape index (κ3) is 1.38. The van der Waals surface area contributed by atoms with Gasteiger partial charge in [0, 0.05) is 12.0 Å². The molecule has 0 aliphatic heterocycles. The van der Waals surface area contributed by atoms with Gasteiger partial charge in [0.1, 0.15) is 11.0 Å². The van der Waals surface area contributed by atoms with E-state index in [-0.39, 0.29) is 1.43 Å². The highest BCUT2D eigenvalue weighted by Gasteiger charge is 2.08. The first-order valence-electron chi connectivity index (χ1n) is 5.81. The molecular weight excluding hydrogens is 198 g/mol. The zero-order valence-corrected chi connectivity index (χ0v) is 9.20. The van der Waals surface area contributed by atoms with Crippen molar-refractivity contribution in [3.05, 3.63) is 34.4 Å². The molecule has 0 amide bonds. The highest BCUT2D eigenvalue weighted by atomic mass is 16.3. The average molecular weight is 215 g/mol. The lowest BCUT2D eigenvalue weighted by atomic mass is 10.1. The van der Waals surface area contributed by atoms with Crippen LogP contribution in [0.2, 0.25) is 0 Å². The Morgan fingerprint density at radius 2 is 2.12 bits per heavy atom. The molecule has 2 heteroatoms. The van der Waals surface area contributed by atoms with Gasteiger partial charge in [-0.25, -0.2) is 0 Å². The van der Waals surface area contributed by atoms with E-state index in [0.717, 1.165) is 30.3 Å². The lowest BCUT2D eigenvalue weighted by Gasteiger charge is -1.98. The SMILES string of the molecule is NCCc1cccc2c3c(oc12)=CCCC=3.[HH]. The second-order valence-corrected chi connectivity index (χ2v) is 4.20. The summed E-state index contributed by atoms with van der Waals surface area (Å²) >= 11 is 0. The molecule has 0 atom stereocenters. The van der Waals surface area contributed by atoms with Crippen LogP contribution >= 0.6 is 0 Å². The number of nitrogens with two attached hydrogens (primary N) is 1. The molecule has 2 aromatic rings. The van der Waals surface area contributed by atoms with E-state index < -0.39 is 0 Å². The summed E-state index contributed by atoms with van der Waals surface area (Å²) in [7, 11) is 0. The number of hydrogen-bond acceptors (Lipinski definition) is 2. The van der Waals surface area contributed by atoms with Crippen LogP contribution in [0.15, 0.2) is 22.6 Å². The predicted molar refractivity (Wildman–Crippen MR) is 68.5 cm³/mol. The Hall–Kier alpha value is -1.54. The van der Waals surface area contributed by atoms with Crippen LogP contribution in [0.25, 0.3) is 23.1 Å². The molecule has 0 radical (unpaired) electrons. The van der Waals surface area contributed by atoms with E-state index in [1.165, 1.54) is 16.2 Å². The van der Waals surface area contributed by atoms with Crippen LogP contribution < -0.4 is 16.4 Å². The maximum Gasteiger partial charge on any atom is 0.138 e. The maximum atomic E-state index is 5.93. The maximum absolute atomic E-state index is 5.93. The first kappa shape index (κ1) is 9.67. The van der Waals surface area contributed by atoms with Gasteiger partial charge in [-0.1, -0.05) is 24.3 Å². The standard InChI is InChI=1S/C14H15NO.H2/c15-9-8-10-4-3-6-12-11-5-1-2-7-13(11)16-14(10)12;/h3-7H,1-2,8-9,15H2;1H. The van der Waals surface area contributed by atoms with Gasteiger partial charge in [0.15, 0.2) is 0 Å². The second kappa shape index (κ2) is 3.80. The molecule has 0 fully saturated rings. The van der Waals surface area contributed by atoms with Crippen molar-refractivity contribution in [1.29, 1.82) is 0 Å². The Bertz CT molecular complexity index is 642. The number of rotatable bonds is 2. The summed E-state index contributed by atoms with van der Waals surface area (Å²) in [5.41, 5.74) is 8.89. The quantitative estimate of drug-likeness (QED) is 0.825. The Balaban J connectivity index is 0.00000108. The van der Waals surface area contributed by atoms with Gasteiger partial charge in [-0.2, -0.15) is 0 Å². The van der Waals surface area contributed by atoms with E-state index >= 15 is 0 Å². The Kier molecular flexibility index (Phi) is 2.29. The molecule has 0 bridgehead atoms. The van der Waals surface area contributed by atoms with E-state index in [2.05, 4.69) is 30.4 Å². The Labute approximate surface area is 95.5 Å². The Morgan fingerprint density at radius 3 is 3.00 bits per heavy atom. The van der Waals surface area contributed by atoms with Crippen molar-refractivity contribution in [3.63, 3.8) is 0 Å². The molecule has 84 valence electrons. The summed E-state index contributed by atoms with van der Waals surface area (Å²) in [6.45, 7) is 0.665. The highest BCUT2D eigenvalue weighted by Crippen LogP contribution is 2.16. The molecule has 1 aromatic carbocycles. The molecule has 1 aromatic heterocycles. The van der Waals surface area contributed by atoms with Crippen LogP contribution in [0.3, 0.4) is 0 Å². The van der Waals surface area contributed by atoms with E-state index in [0.29, 0.717) is 6.54 Å². The van der Waals surface area contributed by atoms with Crippen LogP contribution in [0.4, 0.5) is 0 Å². The molecule has 1 aliphatic rings. The average Bonchev–Trinajstić information content (AvgIpc) is 2.69. The lowest BCUT2D eigenvalue weighted by Crippen LogP contribution is -2.21. The molecule has 0 saturated carbocycles. The van der Waals surface area contributed by atoms with Crippen LogP contribution in [-0.2, 0) is 6.42 Å². The van der Waals surface area contributed by atoms with Crippen LogP contribution in [0, 0.1) is 0 Å². The molecule has 0 unspecified atom stereocenters. The predicted octanol–water partition coefficient (Wildman–Crippen LogP) is 1.53. The third-order valence-corrected chi connectivity index (χ3v) is 3.12. The normalized spacial score (nSPS) is 14.3. The molecule has 16 heavy (non-hydrogen) atoms. The monoisotopic (exact) mass is 215 g/mol. The highest BCUT2D eigenvalue weighted by molar-refractivity contribution is 5.82. The summed E-state index contributed by atoms with van der Waals surface area (Å²) in [6.07, 6.45) is 7.53. The van der Waals surface area contributed by atoms with Gasteiger partial charge in [-0.3, -0.25) is 0 Å². The second-order valence-electron chi connectivity index (χ2n) is 4.20. The summed E-state index contributed by atoms with van der Waals surface area (Å²) in [4.78, 5) is 0.